The summed E-state index contributed by atoms with van der Waals surface area (Å²) in [6.45, 7) is 4.64. The topological polar surface area (TPSA) is 111 Å². The number of aryl methyl sites for hydroxylation is 1. The molecule has 0 radical (unpaired) electrons. The van der Waals surface area contributed by atoms with Crippen molar-refractivity contribution in [2.75, 3.05) is 25.9 Å². The minimum atomic E-state index is -3.29. The van der Waals surface area contributed by atoms with Crippen molar-refractivity contribution in [1.82, 2.24) is 29.7 Å². The molecule has 4 rings (SSSR count). The molecule has 1 aromatic rings. The van der Waals surface area contributed by atoms with Gasteiger partial charge in [-0.1, -0.05) is 0 Å². The van der Waals surface area contributed by atoms with Crippen LogP contribution >= 0.6 is 0 Å². The smallest absolute Gasteiger partial charge is 0.223 e. The van der Waals surface area contributed by atoms with Gasteiger partial charge in [0.15, 0.2) is 5.82 Å². The van der Waals surface area contributed by atoms with E-state index in [4.69, 9.17) is 0 Å². The van der Waals surface area contributed by atoms with Gasteiger partial charge in [0.1, 0.15) is 5.82 Å². The van der Waals surface area contributed by atoms with E-state index in [2.05, 4.69) is 24.8 Å². The number of hydrogen-bond donors (Lipinski definition) is 2. The van der Waals surface area contributed by atoms with Gasteiger partial charge in [0.2, 0.25) is 15.9 Å². The minimum absolute atomic E-state index is 0.0783. The minimum Gasteiger partial charge on any atom is -0.335 e. The lowest BCUT2D eigenvalue weighted by atomic mass is 9.72. The fraction of sp³-hybridized carbons (Fsp3) is 0.824. The molecule has 27 heavy (non-hydrogen) atoms. The average Bonchev–Trinajstić information content (AvgIpc) is 2.99. The summed E-state index contributed by atoms with van der Waals surface area (Å²) in [6.07, 6.45) is 4.73. The number of carbonyl (C=O) groups excluding carboxylic acids is 1. The highest BCUT2D eigenvalue weighted by molar-refractivity contribution is 7.88. The van der Waals surface area contributed by atoms with Crippen LogP contribution in [0.3, 0.4) is 0 Å². The number of nitrogens with one attached hydrogen (secondary N) is 2. The van der Waals surface area contributed by atoms with Crippen LogP contribution in [0.1, 0.15) is 37.3 Å². The van der Waals surface area contributed by atoms with E-state index in [-0.39, 0.29) is 23.9 Å². The second-order valence-electron chi connectivity index (χ2n) is 8.24. The maximum absolute atomic E-state index is 12.7. The van der Waals surface area contributed by atoms with E-state index >= 15 is 0 Å². The zero-order valence-corrected chi connectivity index (χ0v) is 16.7. The monoisotopic (exact) mass is 396 g/mol. The third kappa shape index (κ3) is 4.02. The molecule has 0 aliphatic carbocycles. The van der Waals surface area contributed by atoms with Crippen molar-refractivity contribution in [2.45, 2.75) is 51.2 Å². The van der Waals surface area contributed by atoms with Crippen LogP contribution in [0.15, 0.2) is 0 Å². The summed E-state index contributed by atoms with van der Waals surface area (Å²) in [5, 5.41) is 7.14. The first-order chi connectivity index (χ1) is 12.8. The summed E-state index contributed by atoms with van der Waals surface area (Å²) < 4.78 is 25.9. The Morgan fingerprint density at radius 2 is 2.07 bits per heavy atom. The van der Waals surface area contributed by atoms with E-state index in [1.165, 1.54) is 6.26 Å². The number of likely N-dealkylation sites (tertiary alicyclic amines) is 1. The van der Waals surface area contributed by atoms with Gasteiger partial charge in [-0.05, 0) is 38.0 Å². The third-order valence-corrected chi connectivity index (χ3v) is 6.83. The van der Waals surface area contributed by atoms with Crippen molar-refractivity contribution in [2.24, 2.45) is 11.8 Å². The molecule has 3 aliphatic rings. The summed E-state index contributed by atoms with van der Waals surface area (Å²) in [5.41, 5.74) is 0. The van der Waals surface area contributed by atoms with Crippen LogP contribution in [0.5, 0.6) is 0 Å². The molecule has 1 aromatic heterocycles. The fourth-order valence-electron chi connectivity index (χ4n) is 5.16. The molecule has 2 N–H and O–H groups in total. The van der Waals surface area contributed by atoms with Crippen molar-refractivity contribution in [1.29, 1.82) is 0 Å². The number of sulfonamides is 1. The molecular weight excluding hydrogens is 368 g/mol. The fourth-order valence-corrected chi connectivity index (χ4v) is 5.63. The van der Waals surface area contributed by atoms with Gasteiger partial charge in [0, 0.05) is 38.1 Å². The normalized spacial score (nSPS) is 31.8. The lowest BCUT2D eigenvalue weighted by molar-refractivity contribution is -0.152. The average molecular weight is 397 g/mol. The van der Waals surface area contributed by atoms with E-state index in [1.807, 2.05) is 11.8 Å². The number of piperidine rings is 3. The van der Waals surface area contributed by atoms with Crippen LogP contribution in [-0.4, -0.2) is 77.3 Å². The van der Waals surface area contributed by atoms with Gasteiger partial charge in [-0.25, -0.2) is 18.1 Å². The standard InChI is InChI=1S/C17H28N6O3S/c1-11-19-16(21-20-11)10-22-8-12-6-13(9-22)15(7-18-27(2,25)26)23-14(12)4-3-5-17(23)24/h12-15,18H,3-10H2,1-2H3,(H,19,20,21)/t12-,13+,14+,15+/m1/s1. The molecule has 0 unspecified atom stereocenters. The summed E-state index contributed by atoms with van der Waals surface area (Å²) in [4.78, 5) is 21.5. The van der Waals surface area contributed by atoms with E-state index in [1.54, 1.807) is 0 Å². The van der Waals surface area contributed by atoms with Crippen molar-refractivity contribution in [3.05, 3.63) is 11.6 Å². The van der Waals surface area contributed by atoms with Crippen LogP contribution in [0.2, 0.25) is 0 Å². The van der Waals surface area contributed by atoms with Crippen LogP contribution in [0.25, 0.3) is 0 Å². The Hall–Kier alpha value is -1.52. The maximum atomic E-state index is 12.7. The molecule has 9 nitrogen and oxygen atoms in total. The van der Waals surface area contributed by atoms with Crippen molar-refractivity contribution in [3.63, 3.8) is 0 Å². The molecule has 4 atom stereocenters. The van der Waals surface area contributed by atoms with Gasteiger partial charge in [-0.3, -0.25) is 14.8 Å². The number of amides is 1. The predicted octanol–water partition coefficient (Wildman–Crippen LogP) is -0.136. The molecule has 150 valence electrons. The van der Waals surface area contributed by atoms with Crippen LogP contribution in [-0.2, 0) is 21.4 Å². The number of hydrogen-bond acceptors (Lipinski definition) is 6. The summed E-state index contributed by atoms with van der Waals surface area (Å²) in [7, 11) is -3.29. The van der Waals surface area contributed by atoms with Gasteiger partial charge >= 0.3 is 0 Å². The Balaban J connectivity index is 1.55. The first-order valence-corrected chi connectivity index (χ1v) is 11.6. The number of nitrogens with zero attached hydrogens (tertiary/aromatic N) is 4. The van der Waals surface area contributed by atoms with E-state index in [9.17, 15) is 13.2 Å². The Bertz CT molecular complexity index is 809. The molecule has 10 heteroatoms. The second kappa shape index (κ2) is 7.14. The molecule has 3 aliphatic heterocycles. The lowest BCUT2D eigenvalue weighted by Gasteiger charge is -2.56. The number of aromatic amines is 1. The molecule has 0 saturated carbocycles. The summed E-state index contributed by atoms with van der Waals surface area (Å²) in [5.74, 6) is 2.47. The van der Waals surface area contributed by atoms with E-state index in [0.717, 1.165) is 44.0 Å². The Labute approximate surface area is 159 Å². The van der Waals surface area contributed by atoms with Gasteiger partial charge in [0.05, 0.1) is 12.8 Å². The first-order valence-electron chi connectivity index (χ1n) is 9.66. The largest absolute Gasteiger partial charge is 0.335 e. The predicted molar refractivity (Wildman–Crippen MR) is 99.1 cm³/mol. The number of fused-ring (bicyclic) bond motifs is 4. The zero-order valence-electron chi connectivity index (χ0n) is 15.9. The van der Waals surface area contributed by atoms with Crippen molar-refractivity contribution in [3.8, 4) is 0 Å². The quantitative estimate of drug-likeness (QED) is 0.717. The third-order valence-electron chi connectivity index (χ3n) is 6.14. The van der Waals surface area contributed by atoms with Gasteiger partial charge < -0.3 is 4.90 Å². The SMILES string of the molecule is Cc1nc(CN2C[C@H]3C[C@@H](C2)[C@H](CNS(C)(=O)=O)N2C(=O)CCC[C@@H]32)n[nH]1. The number of rotatable bonds is 5. The molecule has 0 spiro atoms. The van der Waals surface area contributed by atoms with E-state index < -0.39 is 10.0 Å². The number of aromatic nitrogens is 3. The second-order valence-corrected chi connectivity index (χ2v) is 10.1. The Morgan fingerprint density at radius 1 is 1.30 bits per heavy atom. The van der Waals surface area contributed by atoms with Crippen molar-refractivity contribution < 1.29 is 13.2 Å². The van der Waals surface area contributed by atoms with E-state index in [0.29, 0.717) is 25.4 Å². The van der Waals surface area contributed by atoms with Crippen LogP contribution in [0.4, 0.5) is 0 Å². The van der Waals surface area contributed by atoms with Crippen molar-refractivity contribution >= 4 is 15.9 Å². The summed E-state index contributed by atoms with van der Waals surface area (Å²) in [6, 6.07) is 0.135. The first kappa shape index (κ1) is 18.8. The lowest BCUT2D eigenvalue weighted by Crippen LogP contribution is -2.66. The molecule has 1 amide bonds. The van der Waals surface area contributed by atoms with Gasteiger partial charge in [-0.15, -0.1) is 0 Å². The highest BCUT2D eigenvalue weighted by atomic mass is 32.2. The van der Waals surface area contributed by atoms with Crippen LogP contribution in [0, 0.1) is 18.8 Å². The molecular formula is C17H28N6O3S. The Morgan fingerprint density at radius 3 is 2.78 bits per heavy atom. The highest BCUT2D eigenvalue weighted by Gasteiger charge is 2.49. The molecule has 2 bridgehead atoms. The number of H-pyrrole nitrogens is 1. The zero-order chi connectivity index (χ0) is 19.2. The maximum Gasteiger partial charge on any atom is 0.223 e. The van der Waals surface area contributed by atoms with Crippen LogP contribution < -0.4 is 4.72 Å². The Kier molecular flexibility index (Phi) is 4.98. The molecule has 3 fully saturated rings. The highest BCUT2D eigenvalue weighted by Crippen LogP contribution is 2.41. The molecule has 0 aromatic carbocycles. The van der Waals surface area contributed by atoms with Gasteiger partial charge in [0.25, 0.3) is 0 Å². The van der Waals surface area contributed by atoms with Gasteiger partial charge in [-0.2, -0.15) is 5.10 Å². The summed E-state index contributed by atoms with van der Waals surface area (Å²) >= 11 is 0. The molecule has 3 saturated heterocycles. The number of carbonyl (C=O) groups is 1. The molecule has 4 heterocycles.